The first-order valence-corrected chi connectivity index (χ1v) is 6.37. The lowest BCUT2D eigenvalue weighted by molar-refractivity contribution is -0.0328. The number of imidazole rings is 1. The number of aromatic nitrogens is 2. The molecule has 2 N–H and O–H groups in total. The van der Waals surface area contributed by atoms with E-state index in [1.54, 1.807) is 25.3 Å². The molecule has 0 atom stereocenters. The summed E-state index contributed by atoms with van der Waals surface area (Å²) in [6, 6.07) is 5.89. The fraction of sp³-hybridized carbons (Fsp3) is 0.167. The summed E-state index contributed by atoms with van der Waals surface area (Å²) >= 11 is -0.150. The topological polar surface area (TPSA) is 56.2 Å². The zero-order chi connectivity index (χ0) is 14.8. The minimum atomic E-state index is -4.28. The molecule has 1 aromatic carbocycles. The molecule has 2 aromatic rings. The number of halogens is 3. The van der Waals surface area contributed by atoms with Gasteiger partial charge < -0.3 is 5.73 Å². The van der Waals surface area contributed by atoms with E-state index in [0.29, 0.717) is 5.56 Å². The third-order valence-electron chi connectivity index (χ3n) is 2.28. The van der Waals surface area contributed by atoms with Crippen LogP contribution in [0, 0.1) is 6.92 Å². The van der Waals surface area contributed by atoms with Crippen molar-refractivity contribution in [3.63, 3.8) is 0 Å². The van der Waals surface area contributed by atoms with Crippen LogP contribution in [0.4, 0.5) is 19.1 Å². The molecule has 0 aliphatic carbocycles. The average molecular weight is 300 g/mol. The molecule has 1 heterocycles. The van der Waals surface area contributed by atoms with Crippen molar-refractivity contribution in [1.82, 2.24) is 9.66 Å². The monoisotopic (exact) mass is 300 g/mol. The van der Waals surface area contributed by atoms with Crippen LogP contribution in [0.3, 0.4) is 0 Å². The van der Waals surface area contributed by atoms with Crippen LogP contribution >= 0.6 is 11.8 Å². The minimum Gasteiger partial charge on any atom is -0.368 e. The number of aryl methyl sites for hydroxylation is 1. The number of rotatable bonds is 3. The maximum Gasteiger partial charge on any atom is 0.446 e. The van der Waals surface area contributed by atoms with Gasteiger partial charge in [-0.05, 0) is 36.4 Å². The Labute approximate surface area is 117 Å². The molecule has 106 valence electrons. The van der Waals surface area contributed by atoms with Gasteiger partial charge in [0.1, 0.15) is 0 Å². The molecule has 0 fully saturated rings. The number of nitrogens with zero attached hydrogens (tertiary/aromatic N) is 3. The molecular weight excluding hydrogens is 289 g/mol. The second-order valence-electron chi connectivity index (χ2n) is 3.95. The van der Waals surface area contributed by atoms with Gasteiger partial charge in [0.15, 0.2) is 0 Å². The third-order valence-corrected chi connectivity index (χ3v) is 3.02. The van der Waals surface area contributed by atoms with Crippen LogP contribution in [0.25, 0.3) is 0 Å². The number of hydrogen-bond donors (Lipinski definition) is 1. The molecule has 2 rings (SSSR count). The molecule has 0 bridgehead atoms. The highest BCUT2D eigenvalue weighted by Gasteiger charge is 2.28. The highest BCUT2D eigenvalue weighted by molar-refractivity contribution is 8.00. The molecule has 0 aliphatic heterocycles. The van der Waals surface area contributed by atoms with Crippen LogP contribution in [-0.2, 0) is 0 Å². The van der Waals surface area contributed by atoms with Gasteiger partial charge in [-0.2, -0.15) is 18.3 Å². The zero-order valence-corrected chi connectivity index (χ0v) is 11.2. The lowest BCUT2D eigenvalue weighted by Crippen LogP contribution is -1.99. The van der Waals surface area contributed by atoms with E-state index in [1.165, 1.54) is 23.0 Å². The first-order valence-electron chi connectivity index (χ1n) is 5.55. The van der Waals surface area contributed by atoms with Crippen molar-refractivity contribution in [2.45, 2.75) is 17.3 Å². The van der Waals surface area contributed by atoms with Crippen molar-refractivity contribution in [1.29, 1.82) is 0 Å². The van der Waals surface area contributed by atoms with Crippen molar-refractivity contribution in [2.24, 2.45) is 5.10 Å². The van der Waals surface area contributed by atoms with Gasteiger partial charge in [-0.15, -0.1) is 0 Å². The fourth-order valence-corrected chi connectivity index (χ4v) is 2.02. The highest BCUT2D eigenvalue weighted by atomic mass is 32.2. The van der Waals surface area contributed by atoms with Gasteiger partial charge in [-0.1, -0.05) is 12.1 Å². The van der Waals surface area contributed by atoms with Crippen molar-refractivity contribution in [3.05, 3.63) is 41.7 Å². The molecule has 0 saturated heterocycles. The van der Waals surface area contributed by atoms with E-state index < -0.39 is 5.51 Å². The molecule has 0 spiro atoms. The van der Waals surface area contributed by atoms with Crippen LogP contribution < -0.4 is 5.73 Å². The molecule has 20 heavy (non-hydrogen) atoms. The van der Waals surface area contributed by atoms with E-state index in [9.17, 15) is 13.2 Å². The zero-order valence-electron chi connectivity index (χ0n) is 10.4. The Morgan fingerprint density at radius 3 is 2.45 bits per heavy atom. The second-order valence-corrected chi connectivity index (χ2v) is 5.08. The molecular formula is C12H11F3N4S. The van der Waals surface area contributed by atoms with Gasteiger partial charge >= 0.3 is 5.51 Å². The Morgan fingerprint density at radius 1 is 1.30 bits per heavy atom. The van der Waals surface area contributed by atoms with Crippen molar-refractivity contribution >= 4 is 23.9 Å². The van der Waals surface area contributed by atoms with Crippen LogP contribution in [0.1, 0.15) is 11.3 Å². The fourth-order valence-electron chi connectivity index (χ4n) is 1.48. The second kappa shape index (κ2) is 5.58. The highest BCUT2D eigenvalue weighted by Crippen LogP contribution is 2.36. The molecule has 0 saturated carbocycles. The van der Waals surface area contributed by atoms with E-state index in [0.717, 1.165) is 5.69 Å². The predicted octanol–water partition coefficient (Wildman–Crippen LogP) is 3.27. The van der Waals surface area contributed by atoms with Crippen LogP contribution in [0.15, 0.2) is 40.5 Å². The van der Waals surface area contributed by atoms with Gasteiger partial charge in [-0.25, -0.2) is 9.66 Å². The number of nitrogens with two attached hydrogens (primary N) is 1. The SMILES string of the molecule is Cc1cn(N=Cc2ccc(SC(F)(F)F)cc2)c(N)n1. The molecule has 4 nitrogen and oxygen atoms in total. The molecule has 0 radical (unpaired) electrons. The number of alkyl halides is 3. The van der Waals surface area contributed by atoms with E-state index >= 15 is 0 Å². The Kier molecular flexibility index (Phi) is 4.03. The predicted molar refractivity (Wildman–Crippen MR) is 72.7 cm³/mol. The number of hydrogen-bond acceptors (Lipinski definition) is 4. The van der Waals surface area contributed by atoms with Gasteiger partial charge in [0, 0.05) is 4.90 Å². The molecule has 0 unspecified atom stereocenters. The lowest BCUT2D eigenvalue weighted by atomic mass is 10.2. The van der Waals surface area contributed by atoms with Crippen LogP contribution in [0.5, 0.6) is 0 Å². The normalized spacial score (nSPS) is 12.2. The quantitative estimate of drug-likeness (QED) is 0.699. The van der Waals surface area contributed by atoms with Crippen LogP contribution in [0.2, 0.25) is 0 Å². The average Bonchev–Trinajstić information content (AvgIpc) is 2.65. The smallest absolute Gasteiger partial charge is 0.368 e. The summed E-state index contributed by atoms with van der Waals surface area (Å²) in [6.45, 7) is 1.78. The summed E-state index contributed by atoms with van der Waals surface area (Å²) in [5, 5.41) is 4.08. The van der Waals surface area contributed by atoms with Crippen molar-refractivity contribution in [2.75, 3.05) is 5.73 Å². The summed E-state index contributed by atoms with van der Waals surface area (Å²) < 4.78 is 37.9. The largest absolute Gasteiger partial charge is 0.446 e. The number of anilines is 1. The Bertz CT molecular complexity index is 617. The molecule has 1 aromatic heterocycles. The van der Waals surface area contributed by atoms with Gasteiger partial charge in [0.25, 0.3) is 0 Å². The minimum absolute atomic E-state index is 0.132. The number of nitrogen functional groups attached to an aromatic ring is 1. The van der Waals surface area contributed by atoms with Crippen LogP contribution in [-0.4, -0.2) is 21.4 Å². The molecule has 0 aliphatic rings. The van der Waals surface area contributed by atoms with Crippen molar-refractivity contribution < 1.29 is 13.2 Å². The molecule has 8 heteroatoms. The summed E-state index contributed by atoms with van der Waals surface area (Å²) in [5.74, 6) is 0.253. The Hall–Kier alpha value is -1.96. The summed E-state index contributed by atoms with van der Waals surface area (Å²) in [7, 11) is 0. The Balaban J connectivity index is 2.09. The van der Waals surface area contributed by atoms with E-state index in [1.807, 2.05) is 0 Å². The van der Waals surface area contributed by atoms with E-state index in [2.05, 4.69) is 10.1 Å². The first-order chi connectivity index (χ1) is 9.33. The van der Waals surface area contributed by atoms with Gasteiger partial charge in [0.2, 0.25) is 5.95 Å². The van der Waals surface area contributed by atoms with Crippen molar-refractivity contribution in [3.8, 4) is 0 Å². The standard InChI is InChI=1S/C12H11F3N4S/c1-8-7-19(11(16)18-8)17-6-9-2-4-10(5-3-9)20-12(13,14)15/h2-7H,1H3,(H2,16,18). The summed E-state index contributed by atoms with van der Waals surface area (Å²) in [5.41, 5.74) is 2.73. The lowest BCUT2D eigenvalue weighted by Gasteiger charge is -2.05. The summed E-state index contributed by atoms with van der Waals surface area (Å²) in [6.07, 6.45) is 3.15. The van der Waals surface area contributed by atoms with Gasteiger partial charge in [0.05, 0.1) is 18.1 Å². The number of thioether (sulfide) groups is 1. The molecule has 0 amide bonds. The summed E-state index contributed by atoms with van der Waals surface area (Å²) in [4.78, 5) is 4.11. The van der Waals surface area contributed by atoms with Gasteiger partial charge in [-0.3, -0.25) is 0 Å². The Morgan fingerprint density at radius 2 is 1.95 bits per heavy atom. The first kappa shape index (κ1) is 14.4. The maximum absolute atomic E-state index is 12.2. The number of benzene rings is 1. The third kappa shape index (κ3) is 4.02. The van der Waals surface area contributed by atoms with E-state index in [4.69, 9.17) is 5.73 Å². The maximum atomic E-state index is 12.2. The van der Waals surface area contributed by atoms with E-state index in [-0.39, 0.29) is 22.6 Å².